The zero-order valence-corrected chi connectivity index (χ0v) is 7.62. The number of hydroxylamine groups is 2. The Kier molecular flexibility index (Phi) is 3.60. The molecule has 0 saturated carbocycles. The van der Waals surface area contributed by atoms with Crippen molar-refractivity contribution in [1.82, 2.24) is 5.06 Å². The molecule has 1 aliphatic heterocycles. The van der Waals surface area contributed by atoms with Crippen molar-refractivity contribution in [3.05, 3.63) is 0 Å². The maximum atomic E-state index is 9.45. The average Bonchev–Trinajstić information content (AvgIpc) is 2.13. The second-order valence-electron chi connectivity index (χ2n) is 3.00. The molecular weight excluding hydrogens is 178 g/mol. The predicted octanol–water partition coefficient (Wildman–Crippen LogP) is -2.08. The fraction of sp³-hybridized carbons (Fsp3) is 1.00. The van der Waals surface area contributed by atoms with Crippen LogP contribution in [0, 0.1) is 0 Å². The van der Waals surface area contributed by atoms with Crippen LogP contribution in [0.25, 0.3) is 0 Å². The third kappa shape index (κ3) is 2.16. The van der Waals surface area contributed by atoms with Crippen molar-refractivity contribution in [3.8, 4) is 0 Å². The van der Waals surface area contributed by atoms with Crippen molar-refractivity contribution in [2.75, 3.05) is 20.8 Å². The average molecular weight is 193 g/mol. The molecule has 78 valence electrons. The zero-order chi connectivity index (χ0) is 10.0. The van der Waals surface area contributed by atoms with E-state index in [1.54, 1.807) is 7.05 Å². The van der Waals surface area contributed by atoms with Crippen molar-refractivity contribution in [2.45, 2.75) is 24.5 Å². The summed E-state index contributed by atoms with van der Waals surface area (Å²) >= 11 is 0. The minimum absolute atomic E-state index is 0.0173. The van der Waals surface area contributed by atoms with Crippen molar-refractivity contribution in [2.24, 2.45) is 0 Å². The van der Waals surface area contributed by atoms with Gasteiger partial charge in [0.1, 0.15) is 18.3 Å². The van der Waals surface area contributed by atoms with Crippen LogP contribution in [0.2, 0.25) is 0 Å². The van der Waals surface area contributed by atoms with Crippen LogP contribution >= 0.6 is 0 Å². The Labute approximate surface area is 76.2 Å². The van der Waals surface area contributed by atoms with Gasteiger partial charge in [-0.25, -0.2) is 0 Å². The van der Waals surface area contributed by atoms with E-state index in [0.29, 0.717) is 0 Å². The summed E-state index contributed by atoms with van der Waals surface area (Å²) in [5.74, 6) is 0. The molecule has 6 nitrogen and oxygen atoms in total. The number of rotatable bonds is 2. The fourth-order valence-corrected chi connectivity index (χ4v) is 1.21. The van der Waals surface area contributed by atoms with Crippen LogP contribution in [0.5, 0.6) is 0 Å². The second kappa shape index (κ2) is 4.32. The van der Waals surface area contributed by atoms with E-state index in [0.717, 1.165) is 0 Å². The van der Waals surface area contributed by atoms with Gasteiger partial charge < -0.3 is 20.1 Å². The monoisotopic (exact) mass is 193 g/mol. The number of nitrogens with zero attached hydrogens (tertiary/aromatic N) is 1. The molecule has 13 heavy (non-hydrogen) atoms. The van der Waals surface area contributed by atoms with E-state index in [-0.39, 0.29) is 6.61 Å². The topological polar surface area (TPSA) is 82.4 Å². The summed E-state index contributed by atoms with van der Waals surface area (Å²) in [6, 6.07) is 0. The predicted molar refractivity (Wildman–Crippen MR) is 42.5 cm³/mol. The molecule has 1 aliphatic rings. The lowest BCUT2D eigenvalue weighted by Crippen LogP contribution is -2.57. The lowest BCUT2D eigenvalue weighted by molar-refractivity contribution is -0.296. The minimum Gasteiger partial charge on any atom is -0.388 e. The van der Waals surface area contributed by atoms with Crippen LogP contribution < -0.4 is 0 Å². The van der Waals surface area contributed by atoms with Crippen LogP contribution in [-0.4, -0.2) is 65.7 Å². The molecule has 1 rings (SSSR count). The first kappa shape index (κ1) is 10.8. The van der Waals surface area contributed by atoms with Gasteiger partial charge in [-0.1, -0.05) is 0 Å². The fourth-order valence-electron chi connectivity index (χ4n) is 1.21. The van der Waals surface area contributed by atoms with Crippen molar-refractivity contribution in [1.29, 1.82) is 0 Å². The highest BCUT2D eigenvalue weighted by molar-refractivity contribution is 4.84. The van der Waals surface area contributed by atoms with Crippen molar-refractivity contribution < 1.29 is 24.9 Å². The van der Waals surface area contributed by atoms with Gasteiger partial charge >= 0.3 is 0 Å². The summed E-state index contributed by atoms with van der Waals surface area (Å²) in [7, 11) is 2.99. The van der Waals surface area contributed by atoms with Gasteiger partial charge in [0.25, 0.3) is 0 Å². The number of likely N-dealkylation sites (N-methyl/N-ethyl adjacent to an activating group) is 1. The maximum absolute atomic E-state index is 9.45. The standard InChI is InChI=1S/C7H15NO5/c1-8(12-2)7-6(11)5(10)4(9)3-13-7/h4-7,9-11H,3H2,1-2H3/t4-,5?,6-,7+/m0/s1. The van der Waals surface area contributed by atoms with Crippen LogP contribution in [0.3, 0.4) is 0 Å². The Hall–Kier alpha value is -0.240. The highest BCUT2D eigenvalue weighted by Crippen LogP contribution is 2.17. The highest BCUT2D eigenvalue weighted by atomic mass is 16.7. The van der Waals surface area contributed by atoms with Gasteiger partial charge in [-0.15, -0.1) is 0 Å². The molecule has 1 heterocycles. The molecule has 0 aliphatic carbocycles. The van der Waals surface area contributed by atoms with Gasteiger partial charge in [0.15, 0.2) is 6.23 Å². The molecule has 4 atom stereocenters. The molecule has 0 spiro atoms. The normalized spacial score (nSPS) is 41.1. The second-order valence-corrected chi connectivity index (χ2v) is 3.00. The maximum Gasteiger partial charge on any atom is 0.161 e. The van der Waals surface area contributed by atoms with Crippen LogP contribution in [0.1, 0.15) is 0 Å². The highest BCUT2D eigenvalue weighted by Gasteiger charge is 2.39. The lowest BCUT2D eigenvalue weighted by atomic mass is 10.0. The third-order valence-corrected chi connectivity index (χ3v) is 2.12. The summed E-state index contributed by atoms with van der Waals surface area (Å²) in [6.07, 6.45) is -4.16. The molecule has 0 bridgehead atoms. The van der Waals surface area contributed by atoms with Gasteiger partial charge in [0.2, 0.25) is 0 Å². The zero-order valence-electron chi connectivity index (χ0n) is 7.62. The summed E-state index contributed by atoms with van der Waals surface area (Å²) in [5, 5.41) is 29.2. The van der Waals surface area contributed by atoms with Gasteiger partial charge in [0, 0.05) is 7.05 Å². The Morgan fingerprint density at radius 3 is 2.46 bits per heavy atom. The van der Waals surface area contributed by atoms with Gasteiger partial charge in [0.05, 0.1) is 13.7 Å². The quantitative estimate of drug-likeness (QED) is 0.437. The molecular formula is C7H15NO5. The number of hydrogen-bond acceptors (Lipinski definition) is 6. The Morgan fingerprint density at radius 1 is 1.31 bits per heavy atom. The Bertz CT molecular complexity index is 167. The largest absolute Gasteiger partial charge is 0.388 e. The number of aliphatic hydroxyl groups excluding tert-OH is 3. The summed E-state index contributed by atoms with van der Waals surface area (Å²) < 4.78 is 5.07. The van der Waals surface area contributed by atoms with Gasteiger partial charge in [-0.2, -0.15) is 5.06 Å². The minimum atomic E-state index is -1.20. The molecule has 0 aromatic heterocycles. The van der Waals surface area contributed by atoms with E-state index in [9.17, 15) is 10.2 Å². The Balaban J connectivity index is 2.58. The van der Waals surface area contributed by atoms with Crippen LogP contribution in [-0.2, 0) is 9.57 Å². The van der Waals surface area contributed by atoms with E-state index in [1.807, 2.05) is 0 Å². The third-order valence-electron chi connectivity index (χ3n) is 2.12. The SMILES string of the molecule is CON(C)[C@@H]1OC[C@H](O)C(O)[C@@H]1O. The molecule has 0 aromatic rings. The molecule has 1 unspecified atom stereocenters. The Morgan fingerprint density at radius 2 is 1.92 bits per heavy atom. The molecule has 0 aromatic carbocycles. The first-order valence-electron chi connectivity index (χ1n) is 4.00. The van der Waals surface area contributed by atoms with Gasteiger partial charge in [-0.3, -0.25) is 4.84 Å². The van der Waals surface area contributed by atoms with E-state index in [4.69, 9.17) is 14.7 Å². The number of hydrogen-bond donors (Lipinski definition) is 3. The smallest absolute Gasteiger partial charge is 0.161 e. The lowest BCUT2D eigenvalue weighted by Gasteiger charge is -2.38. The van der Waals surface area contributed by atoms with E-state index in [1.165, 1.54) is 12.2 Å². The molecule has 0 radical (unpaired) electrons. The summed E-state index contributed by atoms with van der Waals surface area (Å²) in [5.41, 5.74) is 0. The molecule has 0 amide bonds. The van der Waals surface area contributed by atoms with Crippen LogP contribution in [0.15, 0.2) is 0 Å². The number of ether oxygens (including phenoxy) is 1. The molecule has 6 heteroatoms. The van der Waals surface area contributed by atoms with Crippen molar-refractivity contribution >= 4 is 0 Å². The summed E-state index contributed by atoms with van der Waals surface area (Å²) in [6.45, 7) is -0.0173. The molecule has 1 saturated heterocycles. The van der Waals surface area contributed by atoms with E-state index in [2.05, 4.69) is 0 Å². The molecule has 3 N–H and O–H groups in total. The number of aliphatic hydroxyl groups is 3. The van der Waals surface area contributed by atoms with E-state index < -0.39 is 24.5 Å². The first-order valence-corrected chi connectivity index (χ1v) is 4.00. The van der Waals surface area contributed by atoms with Crippen LogP contribution in [0.4, 0.5) is 0 Å². The van der Waals surface area contributed by atoms with E-state index >= 15 is 0 Å². The first-order chi connectivity index (χ1) is 6.07. The van der Waals surface area contributed by atoms with Gasteiger partial charge in [-0.05, 0) is 0 Å². The molecule has 1 fully saturated rings. The van der Waals surface area contributed by atoms with Crippen molar-refractivity contribution in [3.63, 3.8) is 0 Å². The summed E-state index contributed by atoms with van der Waals surface area (Å²) in [4.78, 5) is 4.80.